The minimum absolute atomic E-state index is 0.0194. The van der Waals surface area contributed by atoms with E-state index in [1.807, 2.05) is 6.92 Å². The van der Waals surface area contributed by atoms with Gasteiger partial charge >= 0.3 is 0 Å². The third kappa shape index (κ3) is 2.62. The minimum Gasteiger partial charge on any atom is -0.345 e. The zero-order valence-electron chi connectivity index (χ0n) is 10.7. The lowest BCUT2D eigenvalue weighted by molar-refractivity contribution is 0.0902. The Kier molecular flexibility index (Phi) is 3.54. The van der Waals surface area contributed by atoms with Gasteiger partial charge in [-0.05, 0) is 38.7 Å². The Morgan fingerprint density at radius 1 is 1.56 bits per heavy atom. The number of hydrogen-bond donors (Lipinski definition) is 2. The first-order chi connectivity index (χ1) is 8.46. The van der Waals surface area contributed by atoms with E-state index in [9.17, 15) is 9.59 Å². The monoisotopic (exact) mass is 266 g/mol. The van der Waals surface area contributed by atoms with Crippen molar-refractivity contribution in [3.05, 3.63) is 21.9 Å². The first-order valence-corrected chi connectivity index (χ1v) is 6.96. The molecule has 0 aliphatic heterocycles. The number of rotatable bonds is 5. The van der Waals surface area contributed by atoms with Crippen molar-refractivity contribution in [2.75, 3.05) is 6.54 Å². The van der Waals surface area contributed by atoms with Gasteiger partial charge in [-0.2, -0.15) is 0 Å². The summed E-state index contributed by atoms with van der Waals surface area (Å²) in [5.74, 6) is 0.333. The molecule has 1 fully saturated rings. The van der Waals surface area contributed by atoms with Crippen molar-refractivity contribution in [2.45, 2.75) is 32.2 Å². The third-order valence-electron chi connectivity index (χ3n) is 3.53. The number of amides is 1. The zero-order valence-corrected chi connectivity index (χ0v) is 11.5. The fourth-order valence-electron chi connectivity index (χ4n) is 2.00. The molecule has 1 saturated carbocycles. The molecule has 2 rings (SSSR count). The average molecular weight is 266 g/mol. The molecule has 5 heteroatoms. The van der Waals surface area contributed by atoms with Gasteiger partial charge in [0.15, 0.2) is 5.78 Å². The van der Waals surface area contributed by atoms with Gasteiger partial charge in [0, 0.05) is 17.5 Å². The number of ketones is 1. The van der Waals surface area contributed by atoms with Crippen LogP contribution in [-0.4, -0.2) is 23.8 Å². The molecule has 0 aromatic carbocycles. The Balaban J connectivity index is 2.08. The smallest absolute Gasteiger partial charge is 0.261 e. The molecule has 98 valence electrons. The SMILES string of the molecule is CC(=O)c1csc(C(=O)NC(C)(CN)C2CC2)c1. The third-order valence-corrected chi connectivity index (χ3v) is 4.46. The molecule has 4 nitrogen and oxygen atoms in total. The van der Waals surface area contributed by atoms with E-state index in [0.717, 1.165) is 12.8 Å². The molecule has 3 N–H and O–H groups in total. The summed E-state index contributed by atoms with van der Waals surface area (Å²) in [6.45, 7) is 3.92. The van der Waals surface area contributed by atoms with Gasteiger partial charge in [-0.15, -0.1) is 11.3 Å². The predicted octanol–water partition coefficient (Wildman–Crippen LogP) is 1.81. The lowest BCUT2D eigenvalue weighted by Gasteiger charge is -2.29. The van der Waals surface area contributed by atoms with Crippen LogP contribution in [0.15, 0.2) is 11.4 Å². The Bertz CT molecular complexity index is 479. The number of nitrogens with one attached hydrogen (secondary N) is 1. The molecular weight excluding hydrogens is 248 g/mol. The maximum absolute atomic E-state index is 12.1. The number of hydrogen-bond acceptors (Lipinski definition) is 4. The maximum atomic E-state index is 12.1. The van der Waals surface area contributed by atoms with E-state index in [1.165, 1.54) is 18.3 Å². The summed E-state index contributed by atoms with van der Waals surface area (Å²) in [5.41, 5.74) is 6.03. The molecule has 0 bridgehead atoms. The van der Waals surface area contributed by atoms with E-state index >= 15 is 0 Å². The van der Waals surface area contributed by atoms with Crippen LogP contribution in [0.1, 0.15) is 46.7 Å². The summed E-state index contributed by atoms with van der Waals surface area (Å²) in [6, 6.07) is 1.65. The molecule has 0 radical (unpaired) electrons. The predicted molar refractivity (Wildman–Crippen MR) is 72.0 cm³/mol. The molecule has 0 saturated heterocycles. The normalized spacial score (nSPS) is 18.2. The van der Waals surface area contributed by atoms with Crippen molar-refractivity contribution in [1.82, 2.24) is 5.32 Å². The van der Waals surface area contributed by atoms with Gasteiger partial charge in [0.25, 0.3) is 5.91 Å². The van der Waals surface area contributed by atoms with Crippen molar-refractivity contribution in [3.8, 4) is 0 Å². The lowest BCUT2D eigenvalue weighted by Crippen LogP contribution is -2.53. The number of Topliss-reactive ketones (excluding diaryl/α,β-unsaturated/α-hetero) is 1. The highest BCUT2D eigenvalue weighted by Gasteiger charge is 2.41. The first-order valence-electron chi connectivity index (χ1n) is 6.08. The summed E-state index contributed by atoms with van der Waals surface area (Å²) < 4.78 is 0. The zero-order chi connectivity index (χ0) is 13.3. The molecule has 1 aromatic rings. The van der Waals surface area contributed by atoms with Gasteiger partial charge in [-0.25, -0.2) is 0 Å². The molecule has 1 unspecified atom stereocenters. The van der Waals surface area contributed by atoms with Crippen LogP contribution in [0, 0.1) is 5.92 Å². The Hall–Kier alpha value is -1.20. The van der Waals surface area contributed by atoms with Crippen LogP contribution in [0.25, 0.3) is 0 Å². The summed E-state index contributed by atoms with van der Waals surface area (Å²) in [6.07, 6.45) is 2.24. The maximum Gasteiger partial charge on any atom is 0.261 e. The highest BCUT2D eigenvalue weighted by Crippen LogP contribution is 2.39. The lowest BCUT2D eigenvalue weighted by atomic mass is 9.96. The topological polar surface area (TPSA) is 72.2 Å². The molecule has 1 heterocycles. The molecule has 1 aliphatic rings. The molecule has 0 spiro atoms. The second-order valence-electron chi connectivity index (χ2n) is 5.11. The second-order valence-corrected chi connectivity index (χ2v) is 6.02. The van der Waals surface area contributed by atoms with Crippen LogP contribution >= 0.6 is 11.3 Å². The van der Waals surface area contributed by atoms with Gasteiger partial charge < -0.3 is 11.1 Å². The Morgan fingerprint density at radius 3 is 2.67 bits per heavy atom. The molecule has 18 heavy (non-hydrogen) atoms. The standard InChI is InChI=1S/C13H18N2O2S/c1-8(16)9-5-11(18-6-9)12(17)15-13(2,7-14)10-3-4-10/h5-6,10H,3-4,7,14H2,1-2H3,(H,15,17). The van der Waals surface area contributed by atoms with Crippen molar-refractivity contribution < 1.29 is 9.59 Å². The molecule has 1 aromatic heterocycles. The minimum atomic E-state index is -0.322. The summed E-state index contributed by atoms with van der Waals surface area (Å²) in [7, 11) is 0. The van der Waals surface area contributed by atoms with E-state index in [0.29, 0.717) is 22.9 Å². The van der Waals surface area contributed by atoms with Gasteiger partial charge in [0.1, 0.15) is 0 Å². The fourth-order valence-corrected chi connectivity index (χ4v) is 2.84. The van der Waals surface area contributed by atoms with Gasteiger partial charge in [-0.1, -0.05) is 0 Å². The summed E-state index contributed by atoms with van der Waals surface area (Å²) >= 11 is 1.30. The number of carbonyl (C=O) groups excluding carboxylic acids is 2. The van der Waals surface area contributed by atoms with Crippen LogP contribution in [0.3, 0.4) is 0 Å². The van der Waals surface area contributed by atoms with Crippen LogP contribution < -0.4 is 11.1 Å². The van der Waals surface area contributed by atoms with Crippen molar-refractivity contribution in [1.29, 1.82) is 0 Å². The van der Waals surface area contributed by atoms with E-state index in [-0.39, 0.29) is 17.2 Å². The highest BCUT2D eigenvalue weighted by atomic mass is 32.1. The Labute approximate surface area is 111 Å². The van der Waals surface area contributed by atoms with E-state index in [2.05, 4.69) is 5.32 Å². The number of nitrogens with two attached hydrogens (primary N) is 1. The average Bonchev–Trinajstić information content (AvgIpc) is 3.06. The van der Waals surface area contributed by atoms with Crippen molar-refractivity contribution >= 4 is 23.0 Å². The van der Waals surface area contributed by atoms with Crippen LogP contribution in [0.4, 0.5) is 0 Å². The molecule has 1 amide bonds. The second kappa shape index (κ2) is 4.82. The Morgan fingerprint density at radius 2 is 2.22 bits per heavy atom. The van der Waals surface area contributed by atoms with Crippen LogP contribution in [0.2, 0.25) is 0 Å². The first kappa shape index (κ1) is 13.2. The van der Waals surface area contributed by atoms with Crippen molar-refractivity contribution in [2.24, 2.45) is 11.7 Å². The summed E-state index contributed by atoms with van der Waals surface area (Å²) in [4.78, 5) is 23.9. The van der Waals surface area contributed by atoms with E-state index in [1.54, 1.807) is 11.4 Å². The van der Waals surface area contributed by atoms with Crippen LogP contribution in [0.5, 0.6) is 0 Å². The number of thiophene rings is 1. The highest BCUT2D eigenvalue weighted by molar-refractivity contribution is 7.12. The summed E-state index contributed by atoms with van der Waals surface area (Å²) in [5, 5.41) is 4.73. The van der Waals surface area contributed by atoms with Gasteiger partial charge in [0.2, 0.25) is 0 Å². The molecule has 1 atom stereocenters. The van der Waals surface area contributed by atoms with Crippen molar-refractivity contribution in [3.63, 3.8) is 0 Å². The van der Waals surface area contributed by atoms with Gasteiger partial charge in [-0.3, -0.25) is 9.59 Å². The van der Waals surface area contributed by atoms with E-state index < -0.39 is 0 Å². The van der Waals surface area contributed by atoms with E-state index in [4.69, 9.17) is 5.73 Å². The van der Waals surface area contributed by atoms with Crippen LogP contribution in [-0.2, 0) is 0 Å². The fraction of sp³-hybridized carbons (Fsp3) is 0.538. The molecular formula is C13H18N2O2S. The van der Waals surface area contributed by atoms with Gasteiger partial charge in [0.05, 0.1) is 10.4 Å². The largest absolute Gasteiger partial charge is 0.345 e. The number of carbonyl (C=O) groups is 2. The quantitative estimate of drug-likeness (QED) is 0.798. The molecule has 1 aliphatic carbocycles.